The second-order valence-electron chi connectivity index (χ2n) is 3.86. The lowest BCUT2D eigenvalue weighted by molar-refractivity contribution is -0.0302. The predicted molar refractivity (Wildman–Crippen MR) is 46.5 cm³/mol. The first kappa shape index (κ1) is 9.01. The van der Waals surface area contributed by atoms with Crippen LogP contribution in [0.1, 0.15) is 32.6 Å². The molecule has 2 unspecified atom stereocenters. The fourth-order valence-electron chi connectivity index (χ4n) is 1.96. The molecule has 1 aliphatic rings. The van der Waals surface area contributed by atoms with Crippen molar-refractivity contribution in [2.45, 2.75) is 38.2 Å². The highest BCUT2D eigenvalue weighted by Crippen LogP contribution is 2.32. The molecule has 0 aromatic carbocycles. The van der Waals surface area contributed by atoms with Crippen molar-refractivity contribution in [3.05, 3.63) is 0 Å². The van der Waals surface area contributed by atoms with E-state index < -0.39 is 5.60 Å². The minimum Gasteiger partial charge on any atom is -0.390 e. The maximum atomic E-state index is 9.93. The van der Waals surface area contributed by atoms with E-state index >= 15 is 0 Å². The van der Waals surface area contributed by atoms with Crippen LogP contribution in [-0.4, -0.2) is 24.3 Å². The summed E-state index contributed by atoms with van der Waals surface area (Å²) in [6.45, 7) is 2.92. The number of hydrogen-bond donors (Lipinski definition) is 2. The van der Waals surface area contributed by atoms with E-state index in [9.17, 15) is 5.11 Å². The van der Waals surface area contributed by atoms with Gasteiger partial charge in [0.05, 0.1) is 5.60 Å². The average Bonchev–Trinajstić information content (AvgIpc) is 1.94. The highest BCUT2D eigenvalue weighted by atomic mass is 16.3. The Bertz CT molecular complexity index is 121. The number of nitrogens with one attached hydrogen (secondary N) is 1. The Balaban J connectivity index is 2.45. The molecule has 2 heteroatoms. The molecular formula is C9H19NO. The molecule has 0 spiro atoms. The SMILES string of the molecule is CNCC1CCCCC1(C)O. The van der Waals surface area contributed by atoms with Crippen LogP contribution in [0, 0.1) is 5.92 Å². The van der Waals surface area contributed by atoms with Gasteiger partial charge in [0.1, 0.15) is 0 Å². The third-order valence-corrected chi connectivity index (χ3v) is 2.82. The van der Waals surface area contributed by atoms with Gasteiger partial charge < -0.3 is 10.4 Å². The molecule has 0 amide bonds. The molecule has 66 valence electrons. The first-order chi connectivity index (χ1) is 5.17. The minimum atomic E-state index is -0.415. The number of hydrogen-bond acceptors (Lipinski definition) is 2. The average molecular weight is 157 g/mol. The van der Waals surface area contributed by atoms with Crippen LogP contribution in [0.2, 0.25) is 0 Å². The van der Waals surface area contributed by atoms with Gasteiger partial charge in [-0.25, -0.2) is 0 Å². The largest absolute Gasteiger partial charge is 0.390 e. The van der Waals surface area contributed by atoms with Crippen molar-refractivity contribution in [1.29, 1.82) is 0 Å². The predicted octanol–water partition coefficient (Wildman–Crippen LogP) is 1.15. The van der Waals surface area contributed by atoms with Gasteiger partial charge in [-0.05, 0) is 32.7 Å². The molecule has 0 aromatic rings. The first-order valence-electron chi connectivity index (χ1n) is 4.54. The second-order valence-corrected chi connectivity index (χ2v) is 3.86. The van der Waals surface area contributed by atoms with Gasteiger partial charge in [0.15, 0.2) is 0 Å². The standard InChI is InChI=1S/C9H19NO/c1-9(11)6-4-3-5-8(9)7-10-2/h8,10-11H,3-7H2,1-2H3. The van der Waals surface area contributed by atoms with Gasteiger partial charge in [-0.2, -0.15) is 0 Å². The zero-order valence-electron chi connectivity index (χ0n) is 7.56. The molecule has 1 saturated carbocycles. The summed E-state index contributed by atoms with van der Waals surface area (Å²) in [5.41, 5.74) is -0.415. The van der Waals surface area contributed by atoms with E-state index in [2.05, 4.69) is 5.32 Å². The normalized spacial score (nSPS) is 39.0. The topological polar surface area (TPSA) is 32.3 Å². The van der Waals surface area contributed by atoms with E-state index in [0.29, 0.717) is 5.92 Å². The van der Waals surface area contributed by atoms with Crippen molar-refractivity contribution >= 4 is 0 Å². The van der Waals surface area contributed by atoms with Crippen LogP contribution in [-0.2, 0) is 0 Å². The third kappa shape index (κ3) is 2.17. The molecule has 0 heterocycles. The fraction of sp³-hybridized carbons (Fsp3) is 1.00. The summed E-state index contributed by atoms with van der Waals surface area (Å²) in [7, 11) is 1.95. The molecule has 1 fully saturated rings. The molecule has 0 aromatic heterocycles. The van der Waals surface area contributed by atoms with Crippen molar-refractivity contribution in [2.75, 3.05) is 13.6 Å². The van der Waals surface area contributed by atoms with E-state index in [1.165, 1.54) is 19.3 Å². The third-order valence-electron chi connectivity index (χ3n) is 2.82. The van der Waals surface area contributed by atoms with Gasteiger partial charge in [-0.1, -0.05) is 12.8 Å². The van der Waals surface area contributed by atoms with Crippen LogP contribution in [0.25, 0.3) is 0 Å². The lowest BCUT2D eigenvalue weighted by atomic mass is 9.76. The fourth-order valence-corrected chi connectivity index (χ4v) is 1.96. The quantitative estimate of drug-likeness (QED) is 0.630. The van der Waals surface area contributed by atoms with Crippen molar-refractivity contribution in [1.82, 2.24) is 5.32 Å². The smallest absolute Gasteiger partial charge is 0.0659 e. The molecule has 0 radical (unpaired) electrons. The van der Waals surface area contributed by atoms with Gasteiger partial charge in [0, 0.05) is 6.54 Å². The number of rotatable bonds is 2. The molecule has 0 saturated heterocycles. The zero-order valence-corrected chi connectivity index (χ0v) is 7.56. The van der Waals surface area contributed by atoms with Crippen LogP contribution in [0.15, 0.2) is 0 Å². The Kier molecular flexibility index (Phi) is 2.90. The lowest BCUT2D eigenvalue weighted by Gasteiger charge is -2.37. The number of aliphatic hydroxyl groups is 1. The van der Waals surface area contributed by atoms with E-state index in [4.69, 9.17) is 0 Å². The van der Waals surface area contributed by atoms with Crippen molar-refractivity contribution < 1.29 is 5.11 Å². The summed E-state index contributed by atoms with van der Waals surface area (Å²) in [6, 6.07) is 0. The van der Waals surface area contributed by atoms with Gasteiger partial charge in [-0.15, -0.1) is 0 Å². The molecule has 1 aliphatic carbocycles. The summed E-state index contributed by atoms with van der Waals surface area (Å²) in [5.74, 6) is 0.459. The summed E-state index contributed by atoms with van der Waals surface area (Å²) < 4.78 is 0. The lowest BCUT2D eigenvalue weighted by Crippen LogP contribution is -2.42. The van der Waals surface area contributed by atoms with Crippen LogP contribution in [0.4, 0.5) is 0 Å². The van der Waals surface area contributed by atoms with E-state index in [0.717, 1.165) is 13.0 Å². The van der Waals surface area contributed by atoms with E-state index in [-0.39, 0.29) is 0 Å². The molecule has 2 atom stereocenters. The molecule has 0 bridgehead atoms. The van der Waals surface area contributed by atoms with Crippen molar-refractivity contribution in [3.63, 3.8) is 0 Å². The van der Waals surface area contributed by atoms with Gasteiger partial charge in [0.2, 0.25) is 0 Å². The van der Waals surface area contributed by atoms with E-state index in [1.54, 1.807) is 0 Å². The summed E-state index contributed by atoms with van der Waals surface area (Å²) in [6.07, 6.45) is 4.61. The summed E-state index contributed by atoms with van der Waals surface area (Å²) in [4.78, 5) is 0. The Morgan fingerprint density at radius 1 is 1.55 bits per heavy atom. The Hall–Kier alpha value is -0.0800. The van der Waals surface area contributed by atoms with E-state index in [1.807, 2.05) is 14.0 Å². The van der Waals surface area contributed by atoms with Crippen molar-refractivity contribution in [3.8, 4) is 0 Å². The Morgan fingerprint density at radius 2 is 2.27 bits per heavy atom. The summed E-state index contributed by atoms with van der Waals surface area (Å²) in [5, 5.41) is 13.1. The Labute approximate surface area is 69.0 Å². The maximum absolute atomic E-state index is 9.93. The van der Waals surface area contributed by atoms with Crippen LogP contribution >= 0.6 is 0 Å². The molecule has 2 nitrogen and oxygen atoms in total. The molecular weight excluding hydrogens is 138 g/mol. The zero-order chi connectivity index (χ0) is 8.32. The molecule has 1 rings (SSSR count). The van der Waals surface area contributed by atoms with Gasteiger partial charge >= 0.3 is 0 Å². The molecule has 2 N–H and O–H groups in total. The van der Waals surface area contributed by atoms with Crippen LogP contribution < -0.4 is 5.32 Å². The highest BCUT2D eigenvalue weighted by molar-refractivity contribution is 4.86. The van der Waals surface area contributed by atoms with Crippen LogP contribution in [0.3, 0.4) is 0 Å². The molecule has 0 aliphatic heterocycles. The Morgan fingerprint density at radius 3 is 2.82 bits per heavy atom. The maximum Gasteiger partial charge on any atom is 0.0659 e. The highest BCUT2D eigenvalue weighted by Gasteiger charge is 2.33. The first-order valence-corrected chi connectivity index (χ1v) is 4.54. The summed E-state index contributed by atoms with van der Waals surface area (Å²) >= 11 is 0. The molecule has 11 heavy (non-hydrogen) atoms. The van der Waals surface area contributed by atoms with Crippen molar-refractivity contribution in [2.24, 2.45) is 5.92 Å². The monoisotopic (exact) mass is 157 g/mol. The second kappa shape index (κ2) is 3.55. The van der Waals surface area contributed by atoms with Gasteiger partial charge in [-0.3, -0.25) is 0 Å². The van der Waals surface area contributed by atoms with Gasteiger partial charge in [0.25, 0.3) is 0 Å². The minimum absolute atomic E-state index is 0.415. The van der Waals surface area contributed by atoms with Crippen LogP contribution in [0.5, 0.6) is 0 Å².